The Morgan fingerprint density at radius 3 is 1.95 bits per heavy atom. The smallest absolute Gasteiger partial charge is 0.270 e. The van der Waals surface area contributed by atoms with Gasteiger partial charge in [-0.05, 0) is 101 Å². The van der Waals surface area contributed by atoms with E-state index in [4.69, 9.17) is 17.0 Å². The third-order valence-electron chi connectivity index (χ3n) is 6.39. The normalized spacial score (nSPS) is 13.6. The maximum Gasteiger partial charge on any atom is 0.270 e. The number of hydrogen-bond donors (Lipinski definition) is 0. The molecule has 200 valence electrons. The predicted molar refractivity (Wildman–Crippen MR) is 168 cm³/mol. The fraction of sp³-hybridized carbons (Fsp3) is 0.0938. The molecule has 5 rings (SSSR count). The number of halogens is 2. The van der Waals surface area contributed by atoms with Crippen LogP contribution in [-0.2, 0) is 16.0 Å². The highest BCUT2D eigenvalue weighted by Gasteiger charge is 2.41. The van der Waals surface area contributed by atoms with Crippen molar-refractivity contribution in [2.24, 2.45) is 0 Å². The van der Waals surface area contributed by atoms with Gasteiger partial charge in [-0.1, -0.05) is 54.6 Å². The van der Waals surface area contributed by atoms with E-state index >= 15 is 0 Å². The van der Waals surface area contributed by atoms with Crippen LogP contribution in [0, 0.1) is 9.39 Å². The lowest BCUT2D eigenvalue weighted by Crippen LogP contribution is -2.56. The van der Waals surface area contributed by atoms with Gasteiger partial charge in [-0.2, -0.15) is 0 Å². The van der Waals surface area contributed by atoms with Crippen molar-refractivity contribution in [2.75, 3.05) is 16.4 Å². The molecule has 0 unspecified atom stereocenters. The van der Waals surface area contributed by atoms with Gasteiger partial charge in [-0.3, -0.25) is 19.4 Å². The first-order chi connectivity index (χ1) is 19.4. The van der Waals surface area contributed by atoms with Gasteiger partial charge in [0.05, 0.1) is 18.0 Å². The van der Waals surface area contributed by atoms with Crippen molar-refractivity contribution in [3.05, 3.63) is 129 Å². The Morgan fingerprint density at radius 2 is 1.40 bits per heavy atom. The molecule has 1 fully saturated rings. The van der Waals surface area contributed by atoms with Crippen LogP contribution in [0.4, 0.5) is 15.8 Å². The number of benzene rings is 4. The summed E-state index contributed by atoms with van der Waals surface area (Å²) in [5.41, 5.74) is 3.06. The zero-order chi connectivity index (χ0) is 28.2. The molecule has 1 saturated heterocycles. The summed E-state index contributed by atoms with van der Waals surface area (Å²) in [4.78, 5) is 30.4. The van der Waals surface area contributed by atoms with E-state index in [-0.39, 0.29) is 16.5 Å². The summed E-state index contributed by atoms with van der Waals surface area (Å²) in [6.45, 7) is 2.27. The second-order valence-electron chi connectivity index (χ2n) is 8.97. The Hall–Kier alpha value is -3.89. The molecule has 0 radical (unpaired) electrons. The van der Waals surface area contributed by atoms with E-state index in [1.165, 1.54) is 15.9 Å². The second-order valence-corrected chi connectivity index (χ2v) is 10.5. The molecule has 1 aliphatic rings. The molecule has 40 heavy (non-hydrogen) atoms. The predicted octanol–water partition coefficient (Wildman–Crippen LogP) is 7.17. The van der Waals surface area contributed by atoms with Crippen LogP contribution in [0.5, 0.6) is 5.75 Å². The standard InChI is InChI=1S/C32H24FIN2O3S/c1-2-39-29-19-21(18-28(34)25(29)20-22-11-9-10-16-27(22)33)17-26-30(37)35(23-12-5-3-6-13-23)32(40)36(31(26)38)24-14-7-4-8-15-24/h3-19H,2,20H2,1H3. The van der Waals surface area contributed by atoms with Gasteiger partial charge in [-0.15, -0.1) is 0 Å². The molecule has 1 heterocycles. The van der Waals surface area contributed by atoms with Crippen LogP contribution in [0.3, 0.4) is 0 Å². The molecule has 4 aromatic rings. The summed E-state index contributed by atoms with van der Waals surface area (Å²) in [5.74, 6) is -0.757. The fourth-order valence-corrected chi connectivity index (χ4v) is 5.70. The highest BCUT2D eigenvalue weighted by molar-refractivity contribution is 14.1. The van der Waals surface area contributed by atoms with Gasteiger partial charge in [0, 0.05) is 15.6 Å². The fourth-order valence-electron chi connectivity index (χ4n) is 4.51. The minimum Gasteiger partial charge on any atom is -0.494 e. The lowest BCUT2D eigenvalue weighted by Gasteiger charge is -2.36. The highest BCUT2D eigenvalue weighted by atomic mass is 127. The van der Waals surface area contributed by atoms with Gasteiger partial charge in [0.15, 0.2) is 5.11 Å². The molecule has 0 saturated carbocycles. The molecule has 5 nitrogen and oxygen atoms in total. The first-order valence-corrected chi connectivity index (χ1v) is 14.1. The lowest BCUT2D eigenvalue weighted by molar-refractivity contribution is -0.120. The number of carbonyl (C=O) groups excluding carboxylic acids is 2. The van der Waals surface area contributed by atoms with Gasteiger partial charge in [-0.25, -0.2) is 4.39 Å². The third-order valence-corrected chi connectivity index (χ3v) is 7.72. The maximum atomic E-state index is 14.4. The molecule has 4 aromatic carbocycles. The van der Waals surface area contributed by atoms with E-state index in [0.29, 0.717) is 41.3 Å². The van der Waals surface area contributed by atoms with Crippen LogP contribution in [0.2, 0.25) is 0 Å². The molecule has 0 atom stereocenters. The van der Waals surface area contributed by atoms with Crippen LogP contribution >= 0.6 is 34.8 Å². The van der Waals surface area contributed by atoms with Gasteiger partial charge >= 0.3 is 0 Å². The molecule has 0 bridgehead atoms. The Kier molecular flexibility index (Phi) is 8.37. The van der Waals surface area contributed by atoms with Gasteiger partial charge in [0.25, 0.3) is 11.8 Å². The molecule has 2 amide bonds. The number of carbonyl (C=O) groups is 2. The summed E-state index contributed by atoms with van der Waals surface area (Å²) in [6, 6.07) is 28.3. The summed E-state index contributed by atoms with van der Waals surface area (Å²) in [5, 5.41) is 0.0781. The Bertz CT molecular complexity index is 1560. The second kappa shape index (κ2) is 12.1. The number of para-hydroxylation sites is 2. The summed E-state index contributed by atoms with van der Waals surface area (Å²) in [7, 11) is 0. The van der Waals surface area contributed by atoms with Crippen LogP contribution in [0.15, 0.2) is 103 Å². The number of rotatable bonds is 7. The number of hydrogen-bond acceptors (Lipinski definition) is 4. The topological polar surface area (TPSA) is 49.9 Å². The lowest BCUT2D eigenvalue weighted by atomic mass is 10.00. The van der Waals surface area contributed by atoms with Crippen LogP contribution in [0.25, 0.3) is 6.08 Å². The minimum absolute atomic E-state index is 0.0404. The molecule has 0 aliphatic carbocycles. The van der Waals surface area contributed by atoms with E-state index in [1.54, 1.807) is 54.6 Å². The number of ether oxygens (including phenoxy) is 1. The van der Waals surface area contributed by atoms with Crippen LogP contribution in [0.1, 0.15) is 23.6 Å². The molecular formula is C32H24FIN2O3S. The third kappa shape index (κ3) is 5.55. The largest absolute Gasteiger partial charge is 0.494 e. The van der Waals surface area contributed by atoms with Crippen molar-refractivity contribution in [3.63, 3.8) is 0 Å². The minimum atomic E-state index is -0.517. The Morgan fingerprint density at radius 1 is 0.850 bits per heavy atom. The maximum absolute atomic E-state index is 14.4. The molecule has 0 N–H and O–H groups in total. The molecule has 8 heteroatoms. The number of nitrogens with zero attached hydrogens (tertiary/aromatic N) is 2. The first-order valence-electron chi connectivity index (χ1n) is 12.6. The summed E-state index contributed by atoms with van der Waals surface area (Å²) < 4.78 is 21.2. The monoisotopic (exact) mass is 662 g/mol. The average Bonchev–Trinajstić information content (AvgIpc) is 2.95. The van der Waals surface area contributed by atoms with Crippen molar-refractivity contribution in [3.8, 4) is 5.75 Å². The molecule has 1 aliphatic heterocycles. The van der Waals surface area contributed by atoms with Gasteiger partial charge in [0.1, 0.15) is 17.1 Å². The first kappa shape index (κ1) is 27.7. The highest BCUT2D eigenvalue weighted by Crippen LogP contribution is 2.33. The van der Waals surface area contributed by atoms with Crippen molar-refractivity contribution in [1.29, 1.82) is 0 Å². The number of amides is 2. The van der Waals surface area contributed by atoms with Gasteiger partial charge in [0.2, 0.25) is 0 Å². The molecule has 0 aromatic heterocycles. The van der Waals surface area contributed by atoms with Crippen molar-refractivity contribution >= 4 is 69.2 Å². The quantitative estimate of drug-likeness (QED) is 0.0912. The van der Waals surface area contributed by atoms with Crippen molar-refractivity contribution in [1.82, 2.24) is 0 Å². The van der Waals surface area contributed by atoms with E-state index in [9.17, 15) is 14.0 Å². The van der Waals surface area contributed by atoms with Crippen molar-refractivity contribution in [2.45, 2.75) is 13.3 Å². The number of anilines is 2. The average molecular weight is 663 g/mol. The Balaban J connectivity index is 1.61. The number of thiocarbonyl (C=S) groups is 1. The van der Waals surface area contributed by atoms with E-state index < -0.39 is 11.8 Å². The van der Waals surface area contributed by atoms with E-state index in [1.807, 2.05) is 49.4 Å². The van der Waals surface area contributed by atoms with Crippen molar-refractivity contribution < 1.29 is 18.7 Å². The summed E-state index contributed by atoms with van der Waals surface area (Å²) in [6.07, 6.45) is 1.91. The van der Waals surface area contributed by atoms with E-state index in [2.05, 4.69) is 22.6 Å². The van der Waals surface area contributed by atoms with E-state index in [0.717, 1.165) is 9.13 Å². The van der Waals surface area contributed by atoms with Crippen LogP contribution < -0.4 is 14.5 Å². The van der Waals surface area contributed by atoms with Crippen LogP contribution in [-0.4, -0.2) is 23.5 Å². The molecular weight excluding hydrogens is 638 g/mol. The SMILES string of the molecule is CCOc1cc(C=C2C(=O)N(c3ccccc3)C(=S)N(c3ccccc3)C2=O)cc(I)c1Cc1ccccc1F. The molecule has 0 spiro atoms. The summed E-state index contributed by atoms with van der Waals surface area (Å²) >= 11 is 7.86. The zero-order valence-electron chi connectivity index (χ0n) is 21.5. The Labute approximate surface area is 251 Å². The zero-order valence-corrected chi connectivity index (χ0v) is 24.5. The van der Waals surface area contributed by atoms with Gasteiger partial charge < -0.3 is 4.74 Å².